The van der Waals surface area contributed by atoms with E-state index in [4.69, 9.17) is 17.3 Å². The van der Waals surface area contributed by atoms with E-state index < -0.39 is 0 Å². The van der Waals surface area contributed by atoms with Crippen LogP contribution >= 0.6 is 11.6 Å². The van der Waals surface area contributed by atoms with E-state index in [1.54, 1.807) is 0 Å². The van der Waals surface area contributed by atoms with Gasteiger partial charge in [0.1, 0.15) is 0 Å². The fourth-order valence-corrected chi connectivity index (χ4v) is 1.33. The smallest absolute Gasteiger partial charge is 0.222 e. The average Bonchev–Trinajstić information content (AvgIpc) is 2.02. The topological polar surface area (TPSA) is 51.8 Å². The lowest BCUT2D eigenvalue weighted by Gasteiger charge is -2.18. The normalized spacial score (nSPS) is 11.8. The van der Waals surface area contributed by atoms with Gasteiger partial charge in [-0.3, -0.25) is 0 Å². The van der Waals surface area contributed by atoms with Crippen molar-refractivity contribution in [3.05, 3.63) is 22.7 Å². The third-order valence-electron chi connectivity index (χ3n) is 1.92. The highest BCUT2D eigenvalue weighted by Crippen LogP contribution is 2.21. The van der Waals surface area contributed by atoms with Crippen LogP contribution in [0, 0.1) is 0 Å². The Morgan fingerprint density at radius 1 is 1.36 bits per heavy atom. The van der Waals surface area contributed by atoms with Gasteiger partial charge in [-0.15, -0.1) is 0 Å². The van der Waals surface area contributed by atoms with Crippen LogP contribution < -0.4 is 5.73 Å². The monoisotopic (exact) mass is 213 g/mol. The minimum Gasteiger partial charge on any atom is -0.330 e. The Morgan fingerprint density at radius 2 is 2.00 bits per heavy atom. The largest absolute Gasteiger partial charge is 0.330 e. The Bertz CT molecular complexity index is 318. The van der Waals surface area contributed by atoms with E-state index in [1.165, 1.54) is 0 Å². The summed E-state index contributed by atoms with van der Waals surface area (Å²) in [4.78, 5) is 8.31. The van der Waals surface area contributed by atoms with Crippen molar-refractivity contribution >= 4 is 11.6 Å². The minimum atomic E-state index is -0.00404. The van der Waals surface area contributed by atoms with Crippen LogP contribution in [-0.4, -0.2) is 16.5 Å². The molecule has 1 aromatic heterocycles. The SMILES string of the molecule is CC(C)(C)c1cc(CCN)nc(Cl)n1. The highest BCUT2D eigenvalue weighted by atomic mass is 35.5. The predicted octanol–water partition coefficient (Wildman–Crippen LogP) is 1.93. The van der Waals surface area contributed by atoms with Crippen LogP contribution in [0.4, 0.5) is 0 Å². The van der Waals surface area contributed by atoms with Crippen molar-refractivity contribution in [3.8, 4) is 0 Å². The zero-order valence-electron chi connectivity index (χ0n) is 8.84. The molecule has 0 aliphatic carbocycles. The van der Waals surface area contributed by atoms with Gasteiger partial charge in [-0.1, -0.05) is 20.8 Å². The number of nitrogens with two attached hydrogens (primary N) is 1. The first-order valence-electron chi connectivity index (χ1n) is 4.67. The quantitative estimate of drug-likeness (QED) is 0.764. The highest BCUT2D eigenvalue weighted by Gasteiger charge is 2.17. The van der Waals surface area contributed by atoms with E-state index in [-0.39, 0.29) is 5.41 Å². The second-order valence-electron chi connectivity index (χ2n) is 4.30. The van der Waals surface area contributed by atoms with E-state index >= 15 is 0 Å². The molecule has 0 atom stereocenters. The number of hydrogen-bond donors (Lipinski definition) is 1. The Kier molecular flexibility index (Phi) is 3.45. The molecule has 0 aliphatic rings. The summed E-state index contributed by atoms with van der Waals surface area (Å²) in [6, 6.07) is 1.97. The van der Waals surface area contributed by atoms with Crippen molar-refractivity contribution in [1.82, 2.24) is 9.97 Å². The molecule has 78 valence electrons. The molecule has 0 aromatic carbocycles. The number of nitrogens with zero attached hydrogens (tertiary/aromatic N) is 2. The van der Waals surface area contributed by atoms with Crippen molar-refractivity contribution in [1.29, 1.82) is 0 Å². The maximum absolute atomic E-state index is 5.83. The summed E-state index contributed by atoms with van der Waals surface area (Å²) >= 11 is 5.83. The van der Waals surface area contributed by atoms with Crippen molar-refractivity contribution in [2.24, 2.45) is 5.73 Å². The fourth-order valence-electron chi connectivity index (χ4n) is 1.13. The third kappa shape index (κ3) is 2.93. The van der Waals surface area contributed by atoms with Crippen LogP contribution in [-0.2, 0) is 11.8 Å². The van der Waals surface area contributed by atoms with Gasteiger partial charge in [-0.2, -0.15) is 0 Å². The van der Waals surface area contributed by atoms with Gasteiger partial charge in [-0.05, 0) is 24.2 Å². The van der Waals surface area contributed by atoms with Gasteiger partial charge in [0, 0.05) is 17.5 Å². The third-order valence-corrected chi connectivity index (χ3v) is 2.09. The predicted molar refractivity (Wildman–Crippen MR) is 58.5 cm³/mol. The zero-order valence-corrected chi connectivity index (χ0v) is 9.60. The van der Waals surface area contributed by atoms with E-state index in [9.17, 15) is 0 Å². The average molecular weight is 214 g/mol. The molecule has 0 spiro atoms. The molecule has 0 amide bonds. The highest BCUT2D eigenvalue weighted by molar-refractivity contribution is 6.28. The molecule has 1 rings (SSSR count). The maximum Gasteiger partial charge on any atom is 0.222 e. The van der Waals surface area contributed by atoms with Gasteiger partial charge >= 0.3 is 0 Å². The van der Waals surface area contributed by atoms with Gasteiger partial charge in [0.25, 0.3) is 0 Å². The molecule has 14 heavy (non-hydrogen) atoms. The molecule has 0 bridgehead atoms. The number of aromatic nitrogens is 2. The van der Waals surface area contributed by atoms with Crippen molar-refractivity contribution < 1.29 is 0 Å². The Labute approximate surface area is 89.7 Å². The summed E-state index contributed by atoms with van der Waals surface area (Å²) in [6.07, 6.45) is 0.741. The van der Waals surface area contributed by atoms with Crippen LogP contribution in [0.3, 0.4) is 0 Å². The second kappa shape index (κ2) is 4.24. The summed E-state index contributed by atoms with van der Waals surface area (Å²) in [7, 11) is 0. The van der Waals surface area contributed by atoms with Crippen molar-refractivity contribution in [2.45, 2.75) is 32.6 Å². The van der Waals surface area contributed by atoms with Crippen molar-refractivity contribution in [2.75, 3.05) is 6.54 Å². The maximum atomic E-state index is 5.83. The molecular formula is C10H16ClN3. The summed E-state index contributed by atoms with van der Waals surface area (Å²) in [5.41, 5.74) is 7.34. The Hall–Kier alpha value is -0.670. The van der Waals surface area contributed by atoms with Crippen LogP contribution in [0.1, 0.15) is 32.2 Å². The van der Waals surface area contributed by atoms with Gasteiger partial charge in [0.05, 0.1) is 5.69 Å². The molecule has 0 radical (unpaired) electrons. The van der Waals surface area contributed by atoms with Gasteiger partial charge in [-0.25, -0.2) is 9.97 Å². The van der Waals surface area contributed by atoms with E-state index in [0.29, 0.717) is 11.8 Å². The molecule has 1 aromatic rings. The second-order valence-corrected chi connectivity index (χ2v) is 4.64. The van der Waals surface area contributed by atoms with Crippen LogP contribution in [0.15, 0.2) is 6.07 Å². The van der Waals surface area contributed by atoms with Gasteiger partial charge in [0.2, 0.25) is 5.28 Å². The van der Waals surface area contributed by atoms with Crippen LogP contribution in [0.2, 0.25) is 5.28 Å². The molecule has 0 saturated carbocycles. The summed E-state index contributed by atoms with van der Waals surface area (Å²) < 4.78 is 0. The summed E-state index contributed by atoms with van der Waals surface area (Å²) in [5, 5.41) is 0.306. The number of rotatable bonds is 2. The van der Waals surface area contributed by atoms with Gasteiger partial charge < -0.3 is 5.73 Å². The van der Waals surface area contributed by atoms with E-state index in [1.807, 2.05) is 6.07 Å². The molecule has 0 unspecified atom stereocenters. The fraction of sp³-hybridized carbons (Fsp3) is 0.600. The molecule has 3 nitrogen and oxygen atoms in total. The lowest BCUT2D eigenvalue weighted by Crippen LogP contribution is -2.16. The molecular weight excluding hydrogens is 198 g/mol. The lowest BCUT2D eigenvalue weighted by molar-refractivity contribution is 0.565. The first-order valence-corrected chi connectivity index (χ1v) is 5.05. The van der Waals surface area contributed by atoms with Gasteiger partial charge in [0.15, 0.2) is 0 Å². The molecule has 1 heterocycles. The summed E-state index contributed by atoms with van der Waals surface area (Å²) in [6.45, 7) is 6.87. The first kappa shape index (κ1) is 11.4. The minimum absolute atomic E-state index is 0.00404. The molecule has 0 fully saturated rings. The zero-order chi connectivity index (χ0) is 10.8. The number of halogens is 1. The number of hydrogen-bond acceptors (Lipinski definition) is 3. The molecule has 0 aliphatic heterocycles. The summed E-state index contributed by atoms with van der Waals surface area (Å²) in [5.74, 6) is 0. The van der Waals surface area contributed by atoms with Crippen LogP contribution in [0.5, 0.6) is 0 Å². The molecule has 2 N–H and O–H groups in total. The van der Waals surface area contributed by atoms with Crippen molar-refractivity contribution in [3.63, 3.8) is 0 Å². The van der Waals surface area contributed by atoms with E-state index in [0.717, 1.165) is 17.8 Å². The molecule has 0 saturated heterocycles. The van der Waals surface area contributed by atoms with E-state index in [2.05, 4.69) is 30.7 Å². The van der Waals surface area contributed by atoms with Crippen LogP contribution in [0.25, 0.3) is 0 Å². The lowest BCUT2D eigenvalue weighted by atomic mass is 9.91. The molecule has 4 heteroatoms. The Morgan fingerprint density at radius 3 is 2.50 bits per heavy atom. The standard InChI is InChI=1S/C10H16ClN3/c1-10(2,3)8-6-7(4-5-12)13-9(11)14-8/h6H,4-5,12H2,1-3H3. The first-order chi connectivity index (χ1) is 6.43. The Balaban J connectivity index is 3.07.